The predicted octanol–water partition coefficient (Wildman–Crippen LogP) is 0.153. The summed E-state index contributed by atoms with van der Waals surface area (Å²) in [7, 11) is 2.98. The monoisotopic (exact) mass is 252 g/mol. The Kier molecular flexibility index (Phi) is 5.04. The number of hydrogen-bond acceptors (Lipinski definition) is 6. The summed E-state index contributed by atoms with van der Waals surface area (Å²) in [4.78, 5) is 32.2. The molecule has 0 unspecified atom stereocenters. The Balaban J connectivity index is 2.63. The van der Waals surface area contributed by atoms with E-state index in [2.05, 4.69) is 20.0 Å². The van der Waals surface area contributed by atoms with Crippen molar-refractivity contribution in [3.8, 4) is 0 Å². The molecule has 0 atom stereocenters. The molecule has 7 heteroatoms. The molecule has 1 N–H and O–H groups in total. The molecule has 0 aliphatic rings. The van der Waals surface area contributed by atoms with Crippen LogP contribution < -0.4 is 5.32 Å². The largest absolute Gasteiger partial charge is 0.464 e. The van der Waals surface area contributed by atoms with Gasteiger partial charge in [-0.2, -0.15) is 0 Å². The highest BCUT2D eigenvalue weighted by Gasteiger charge is 2.10. The van der Waals surface area contributed by atoms with E-state index in [0.717, 1.165) is 0 Å². The number of hydrogen-bond donors (Lipinski definition) is 1. The van der Waals surface area contributed by atoms with Gasteiger partial charge in [-0.3, -0.25) is 9.78 Å². The zero-order valence-electron chi connectivity index (χ0n) is 10.6. The van der Waals surface area contributed by atoms with E-state index in [0.29, 0.717) is 12.4 Å². The molecule has 0 fully saturated rings. The summed E-state index contributed by atoms with van der Waals surface area (Å²) in [5.41, 5.74) is 0.0961. The smallest absolute Gasteiger partial charge is 0.358 e. The van der Waals surface area contributed by atoms with Crippen molar-refractivity contribution in [3.63, 3.8) is 0 Å². The summed E-state index contributed by atoms with van der Waals surface area (Å²) >= 11 is 0. The minimum atomic E-state index is -0.567. The Hall–Kier alpha value is -2.18. The quantitative estimate of drug-likeness (QED) is 0.751. The average Bonchev–Trinajstić information content (AvgIpc) is 2.43. The molecule has 0 bridgehead atoms. The third kappa shape index (κ3) is 3.69. The first-order valence-corrected chi connectivity index (χ1v) is 5.46. The summed E-state index contributed by atoms with van der Waals surface area (Å²) in [6, 6.07) is 0. The van der Waals surface area contributed by atoms with Crippen LogP contribution in [0.3, 0.4) is 0 Å². The van der Waals surface area contributed by atoms with Gasteiger partial charge in [0, 0.05) is 13.6 Å². The number of rotatable bonds is 5. The second kappa shape index (κ2) is 6.53. The van der Waals surface area contributed by atoms with E-state index in [1.807, 2.05) is 6.92 Å². The Morgan fingerprint density at radius 2 is 2.17 bits per heavy atom. The molecular formula is C11H16N4O3. The fourth-order valence-electron chi connectivity index (χ4n) is 1.13. The van der Waals surface area contributed by atoms with Gasteiger partial charge in [-0.25, -0.2) is 9.78 Å². The lowest BCUT2D eigenvalue weighted by molar-refractivity contribution is -0.127. The first-order chi connectivity index (χ1) is 8.58. The highest BCUT2D eigenvalue weighted by molar-refractivity contribution is 5.87. The zero-order chi connectivity index (χ0) is 13.5. The van der Waals surface area contributed by atoms with E-state index in [-0.39, 0.29) is 18.1 Å². The summed E-state index contributed by atoms with van der Waals surface area (Å²) in [6.07, 6.45) is 2.74. The molecule has 0 aliphatic heterocycles. The predicted molar refractivity (Wildman–Crippen MR) is 65.2 cm³/mol. The molecule has 18 heavy (non-hydrogen) atoms. The number of methoxy groups -OCH3 is 1. The molecule has 98 valence electrons. The molecule has 0 saturated carbocycles. The molecule has 0 aliphatic carbocycles. The van der Waals surface area contributed by atoms with Crippen molar-refractivity contribution in [1.29, 1.82) is 0 Å². The van der Waals surface area contributed by atoms with Gasteiger partial charge < -0.3 is 15.0 Å². The maximum absolute atomic E-state index is 11.5. The van der Waals surface area contributed by atoms with Crippen LogP contribution in [0, 0.1) is 0 Å². The normalized spacial score (nSPS) is 9.72. The lowest BCUT2D eigenvalue weighted by atomic mass is 10.4. The number of carbonyl (C=O) groups excluding carboxylic acids is 2. The van der Waals surface area contributed by atoms with E-state index >= 15 is 0 Å². The van der Waals surface area contributed by atoms with Crippen molar-refractivity contribution in [3.05, 3.63) is 18.1 Å². The number of amides is 1. The highest BCUT2D eigenvalue weighted by Crippen LogP contribution is 2.03. The molecule has 0 aromatic carbocycles. The van der Waals surface area contributed by atoms with Gasteiger partial charge in [-0.15, -0.1) is 0 Å². The molecule has 0 radical (unpaired) electrons. The van der Waals surface area contributed by atoms with Gasteiger partial charge in [0.2, 0.25) is 5.91 Å². The first kappa shape index (κ1) is 13.9. The molecule has 7 nitrogen and oxygen atoms in total. The lowest BCUT2D eigenvalue weighted by Gasteiger charge is -2.14. The number of ether oxygens (including phenoxy) is 1. The molecule has 0 saturated heterocycles. The van der Waals surface area contributed by atoms with Crippen LogP contribution in [0.2, 0.25) is 0 Å². The summed E-state index contributed by atoms with van der Waals surface area (Å²) in [5, 5.41) is 2.81. The summed E-state index contributed by atoms with van der Waals surface area (Å²) in [5.74, 6) is -0.276. The van der Waals surface area contributed by atoms with Crippen LogP contribution in [-0.2, 0) is 9.53 Å². The van der Waals surface area contributed by atoms with Gasteiger partial charge in [-0.05, 0) is 6.92 Å². The zero-order valence-corrected chi connectivity index (χ0v) is 10.6. The maximum atomic E-state index is 11.5. The van der Waals surface area contributed by atoms with E-state index in [1.54, 1.807) is 11.9 Å². The Bertz CT molecular complexity index is 436. The number of likely N-dealkylation sites (N-methyl/N-ethyl adjacent to an activating group) is 1. The topological polar surface area (TPSA) is 84.4 Å². The second-order valence-electron chi connectivity index (χ2n) is 3.54. The fourth-order valence-corrected chi connectivity index (χ4v) is 1.13. The third-order valence-corrected chi connectivity index (χ3v) is 2.35. The summed E-state index contributed by atoms with van der Waals surface area (Å²) < 4.78 is 4.53. The Labute approximate surface area is 105 Å². The van der Waals surface area contributed by atoms with Gasteiger partial charge >= 0.3 is 5.97 Å². The van der Waals surface area contributed by atoms with Crippen molar-refractivity contribution >= 4 is 17.7 Å². The molecule has 0 spiro atoms. The number of anilines is 1. The van der Waals surface area contributed by atoms with Gasteiger partial charge in [-0.1, -0.05) is 0 Å². The van der Waals surface area contributed by atoms with Crippen molar-refractivity contribution in [2.75, 3.05) is 32.6 Å². The average molecular weight is 252 g/mol. The van der Waals surface area contributed by atoms with E-state index in [1.165, 1.54) is 19.5 Å². The first-order valence-electron chi connectivity index (χ1n) is 5.46. The number of aromatic nitrogens is 2. The summed E-state index contributed by atoms with van der Waals surface area (Å²) in [6.45, 7) is 2.62. The van der Waals surface area contributed by atoms with Crippen molar-refractivity contribution in [2.24, 2.45) is 0 Å². The number of nitrogens with zero attached hydrogens (tertiary/aromatic N) is 3. The molecule has 1 heterocycles. The minimum Gasteiger partial charge on any atom is -0.464 e. The van der Waals surface area contributed by atoms with Crippen LogP contribution in [0.4, 0.5) is 5.82 Å². The number of esters is 1. The van der Waals surface area contributed by atoms with Crippen molar-refractivity contribution < 1.29 is 14.3 Å². The molecule has 1 aromatic rings. The molecule has 1 amide bonds. The third-order valence-electron chi connectivity index (χ3n) is 2.35. The highest BCUT2D eigenvalue weighted by atomic mass is 16.5. The molecular weight excluding hydrogens is 236 g/mol. The van der Waals surface area contributed by atoms with Crippen molar-refractivity contribution in [1.82, 2.24) is 14.9 Å². The van der Waals surface area contributed by atoms with Crippen LogP contribution in [0.5, 0.6) is 0 Å². The van der Waals surface area contributed by atoms with Crippen molar-refractivity contribution in [2.45, 2.75) is 6.92 Å². The van der Waals surface area contributed by atoms with Crippen LogP contribution in [0.25, 0.3) is 0 Å². The SMILES string of the molecule is CCN(C)C(=O)CNc1cncc(C(=O)OC)n1. The van der Waals surface area contributed by atoms with E-state index in [9.17, 15) is 9.59 Å². The van der Waals surface area contributed by atoms with Gasteiger partial charge in [0.05, 0.1) is 26.0 Å². The Morgan fingerprint density at radius 3 is 2.78 bits per heavy atom. The number of carbonyl (C=O) groups is 2. The fraction of sp³-hybridized carbons (Fsp3) is 0.455. The minimum absolute atomic E-state index is 0.0669. The maximum Gasteiger partial charge on any atom is 0.358 e. The van der Waals surface area contributed by atoms with E-state index < -0.39 is 5.97 Å². The second-order valence-corrected chi connectivity index (χ2v) is 3.54. The Morgan fingerprint density at radius 1 is 1.44 bits per heavy atom. The number of nitrogens with one attached hydrogen (secondary N) is 1. The van der Waals surface area contributed by atoms with E-state index in [4.69, 9.17) is 0 Å². The van der Waals surface area contributed by atoms with Crippen LogP contribution in [-0.4, -0.2) is 54.0 Å². The van der Waals surface area contributed by atoms with Crippen LogP contribution in [0.15, 0.2) is 12.4 Å². The van der Waals surface area contributed by atoms with Gasteiger partial charge in [0.25, 0.3) is 0 Å². The standard InChI is InChI=1S/C11H16N4O3/c1-4-15(2)10(16)7-13-9-6-12-5-8(14-9)11(17)18-3/h5-6H,4,7H2,1-3H3,(H,13,14). The lowest BCUT2D eigenvalue weighted by Crippen LogP contribution is -2.32. The molecule has 1 rings (SSSR count). The van der Waals surface area contributed by atoms with Crippen LogP contribution in [0.1, 0.15) is 17.4 Å². The van der Waals surface area contributed by atoms with Gasteiger partial charge in [0.15, 0.2) is 5.69 Å². The van der Waals surface area contributed by atoms with Crippen LogP contribution >= 0.6 is 0 Å². The van der Waals surface area contributed by atoms with Gasteiger partial charge in [0.1, 0.15) is 5.82 Å². The molecule has 1 aromatic heterocycles.